The second-order valence-corrected chi connectivity index (χ2v) is 5.32. The molecule has 0 saturated carbocycles. The second kappa shape index (κ2) is 4.77. The van der Waals surface area contributed by atoms with E-state index >= 15 is 0 Å². The summed E-state index contributed by atoms with van der Waals surface area (Å²) in [7, 11) is 0. The Hall–Kier alpha value is -3.01. The van der Waals surface area contributed by atoms with Crippen molar-refractivity contribution in [2.75, 3.05) is 0 Å². The number of hydrogen-bond acceptors (Lipinski definition) is 2. The molecule has 0 spiro atoms. The molecule has 3 aromatic rings. The number of aromatic nitrogens is 1. The van der Waals surface area contributed by atoms with E-state index in [1.54, 1.807) is 0 Å². The summed E-state index contributed by atoms with van der Waals surface area (Å²) in [5, 5.41) is 13.6. The number of hydrogen-bond donors (Lipinski definition) is 3. The minimum Gasteiger partial charge on any atom is -0.478 e. The number of aromatic amines is 1. The second-order valence-electron chi connectivity index (χ2n) is 5.32. The molecule has 0 aliphatic carbocycles. The zero-order valence-corrected chi connectivity index (χ0v) is 11.8. The van der Waals surface area contributed by atoms with E-state index < -0.39 is 5.97 Å². The van der Waals surface area contributed by atoms with Crippen LogP contribution in [0.1, 0.15) is 21.5 Å². The maximum Gasteiger partial charge on any atom is 0.338 e. The maximum atomic E-state index is 11.8. The van der Waals surface area contributed by atoms with Gasteiger partial charge in [0, 0.05) is 17.5 Å². The summed E-state index contributed by atoms with van der Waals surface area (Å²) in [6.07, 6.45) is 3.88. The monoisotopic (exact) mass is 290 g/mol. The average molecular weight is 290 g/mol. The van der Waals surface area contributed by atoms with Gasteiger partial charge in [-0.2, -0.15) is 0 Å². The van der Waals surface area contributed by atoms with Gasteiger partial charge >= 0.3 is 5.97 Å². The first kappa shape index (κ1) is 12.7. The summed E-state index contributed by atoms with van der Waals surface area (Å²) in [6.45, 7) is 0.754. The maximum absolute atomic E-state index is 11.8. The average Bonchev–Trinajstić information content (AvgIpc) is 2.96. The Morgan fingerprint density at radius 3 is 2.68 bits per heavy atom. The minimum absolute atomic E-state index is 0.330. The molecule has 4 rings (SSSR count). The van der Waals surface area contributed by atoms with Crippen LogP contribution >= 0.6 is 0 Å². The lowest BCUT2D eigenvalue weighted by molar-refractivity contribution is 0.0700. The molecule has 0 fully saturated rings. The van der Waals surface area contributed by atoms with E-state index in [1.165, 1.54) is 0 Å². The fraction of sp³-hybridized carbons (Fsp3) is 0.0556. The van der Waals surface area contributed by atoms with Crippen molar-refractivity contribution in [1.82, 2.24) is 10.3 Å². The summed E-state index contributed by atoms with van der Waals surface area (Å²) >= 11 is 0. The topological polar surface area (TPSA) is 65.1 Å². The van der Waals surface area contributed by atoms with E-state index in [-0.39, 0.29) is 0 Å². The molecular weight excluding hydrogens is 276 g/mol. The first-order valence-electron chi connectivity index (χ1n) is 7.12. The molecule has 4 heteroatoms. The van der Waals surface area contributed by atoms with Gasteiger partial charge in [-0.3, -0.25) is 0 Å². The van der Waals surface area contributed by atoms with Crippen molar-refractivity contribution in [1.29, 1.82) is 0 Å². The molecule has 1 aliphatic heterocycles. The van der Waals surface area contributed by atoms with Crippen molar-refractivity contribution in [3.8, 4) is 11.3 Å². The fourth-order valence-corrected chi connectivity index (χ4v) is 3.03. The largest absolute Gasteiger partial charge is 0.478 e. The summed E-state index contributed by atoms with van der Waals surface area (Å²) in [4.78, 5) is 15.1. The van der Waals surface area contributed by atoms with Gasteiger partial charge in [-0.25, -0.2) is 4.79 Å². The molecule has 22 heavy (non-hydrogen) atoms. The van der Waals surface area contributed by atoms with Gasteiger partial charge in [0.05, 0.1) is 16.8 Å². The third kappa shape index (κ3) is 1.81. The van der Waals surface area contributed by atoms with Crippen LogP contribution in [-0.2, 0) is 6.54 Å². The molecule has 2 aromatic carbocycles. The molecule has 0 saturated heterocycles. The Labute approximate surface area is 127 Å². The highest BCUT2D eigenvalue weighted by Gasteiger charge is 2.21. The van der Waals surface area contributed by atoms with Crippen LogP contribution in [0.15, 0.2) is 48.7 Å². The van der Waals surface area contributed by atoms with Crippen LogP contribution in [0.3, 0.4) is 0 Å². The van der Waals surface area contributed by atoms with Gasteiger partial charge in [0.25, 0.3) is 0 Å². The number of fused-ring (bicyclic) bond motifs is 3. The first-order valence-corrected chi connectivity index (χ1v) is 7.12. The van der Waals surface area contributed by atoms with Gasteiger partial charge in [0.1, 0.15) is 0 Å². The number of nitrogens with one attached hydrogen (secondary N) is 2. The van der Waals surface area contributed by atoms with Gasteiger partial charge in [-0.1, -0.05) is 42.5 Å². The zero-order chi connectivity index (χ0) is 15.1. The lowest BCUT2D eigenvalue weighted by Crippen LogP contribution is -2.10. The third-order valence-electron chi connectivity index (χ3n) is 4.04. The number of carboxylic acid groups (broad SMARTS) is 1. The van der Waals surface area contributed by atoms with Crippen molar-refractivity contribution in [2.45, 2.75) is 6.54 Å². The summed E-state index contributed by atoms with van der Waals surface area (Å²) in [5.41, 5.74) is 4.96. The summed E-state index contributed by atoms with van der Waals surface area (Å²) < 4.78 is 0. The van der Waals surface area contributed by atoms with Crippen LogP contribution in [-0.4, -0.2) is 16.1 Å². The molecule has 0 atom stereocenters. The Morgan fingerprint density at radius 2 is 1.91 bits per heavy atom. The molecule has 0 bridgehead atoms. The lowest BCUT2D eigenvalue weighted by Gasteiger charge is -2.12. The Balaban J connectivity index is 2.08. The Bertz CT molecular complexity index is 908. The standard InChI is InChI=1S/C18H14N2O2/c21-18(22)15-14-7-6-12-10-19-9-8-13(12)17(14)20-16(15)11-4-2-1-3-5-11/h1-9,19-20H,10H2,(H,21,22). The first-order chi connectivity index (χ1) is 10.8. The minimum atomic E-state index is -0.914. The Kier molecular flexibility index (Phi) is 2.76. The highest BCUT2D eigenvalue weighted by Crippen LogP contribution is 2.34. The van der Waals surface area contributed by atoms with E-state index in [9.17, 15) is 9.90 Å². The predicted molar refractivity (Wildman–Crippen MR) is 86.6 cm³/mol. The third-order valence-corrected chi connectivity index (χ3v) is 4.04. The number of carbonyl (C=O) groups is 1. The van der Waals surface area contributed by atoms with Crippen molar-refractivity contribution in [3.63, 3.8) is 0 Å². The molecule has 0 amide bonds. The smallest absolute Gasteiger partial charge is 0.338 e. The number of carboxylic acids is 1. The number of benzene rings is 2. The molecule has 0 radical (unpaired) electrons. The number of rotatable bonds is 2. The highest BCUT2D eigenvalue weighted by molar-refractivity contribution is 6.11. The van der Waals surface area contributed by atoms with Crippen LogP contribution in [0.2, 0.25) is 0 Å². The molecule has 108 valence electrons. The van der Waals surface area contributed by atoms with Crippen LogP contribution in [0.5, 0.6) is 0 Å². The van der Waals surface area contributed by atoms with Crippen LogP contribution in [0.25, 0.3) is 28.2 Å². The van der Waals surface area contributed by atoms with E-state index in [2.05, 4.69) is 10.3 Å². The van der Waals surface area contributed by atoms with Gasteiger partial charge in [-0.05, 0) is 23.4 Å². The van der Waals surface area contributed by atoms with Crippen molar-refractivity contribution in [3.05, 3.63) is 65.4 Å². The van der Waals surface area contributed by atoms with Crippen molar-refractivity contribution < 1.29 is 9.90 Å². The lowest BCUT2D eigenvalue weighted by atomic mass is 9.99. The van der Waals surface area contributed by atoms with Crippen LogP contribution in [0, 0.1) is 0 Å². The van der Waals surface area contributed by atoms with E-state index in [0.717, 1.165) is 34.1 Å². The molecule has 3 N–H and O–H groups in total. The molecule has 1 aliphatic rings. The Morgan fingerprint density at radius 1 is 1.09 bits per heavy atom. The number of H-pyrrole nitrogens is 1. The van der Waals surface area contributed by atoms with Crippen molar-refractivity contribution in [2.24, 2.45) is 0 Å². The quantitative estimate of drug-likeness (QED) is 0.675. The highest BCUT2D eigenvalue weighted by atomic mass is 16.4. The van der Waals surface area contributed by atoms with Crippen molar-refractivity contribution >= 4 is 22.9 Å². The molecular formula is C18H14N2O2. The van der Waals surface area contributed by atoms with E-state index in [0.29, 0.717) is 11.3 Å². The number of aromatic carboxylic acids is 1. The van der Waals surface area contributed by atoms with Gasteiger partial charge in [0.15, 0.2) is 0 Å². The molecule has 1 aromatic heterocycles. The van der Waals surface area contributed by atoms with Gasteiger partial charge in [0.2, 0.25) is 0 Å². The zero-order valence-electron chi connectivity index (χ0n) is 11.8. The molecule has 4 nitrogen and oxygen atoms in total. The van der Waals surface area contributed by atoms with Crippen LogP contribution in [0.4, 0.5) is 0 Å². The summed E-state index contributed by atoms with van der Waals surface area (Å²) in [6, 6.07) is 13.5. The van der Waals surface area contributed by atoms with Gasteiger partial charge < -0.3 is 15.4 Å². The van der Waals surface area contributed by atoms with E-state index in [4.69, 9.17) is 0 Å². The normalized spacial score (nSPS) is 12.9. The SMILES string of the molecule is O=C(O)c1c(-c2ccccc2)[nH]c2c3c(ccc12)CNC=C3. The molecule has 2 heterocycles. The van der Waals surface area contributed by atoms with E-state index in [1.807, 2.05) is 54.7 Å². The van der Waals surface area contributed by atoms with Gasteiger partial charge in [-0.15, -0.1) is 0 Å². The molecule has 0 unspecified atom stereocenters. The predicted octanol–water partition coefficient (Wildman–Crippen LogP) is 3.61. The summed E-state index contributed by atoms with van der Waals surface area (Å²) in [5.74, 6) is -0.914. The van der Waals surface area contributed by atoms with Crippen LogP contribution < -0.4 is 5.32 Å². The fourth-order valence-electron chi connectivity index (χ4n) is 3.03.